The van der Waals surface area contributed by atoms with Gasteiger partial charge in [0.15, 0.2) is 0 Å². The summed E-state index contributed by atoms with van der Waals surface area (Å²) < 4.78 is 0. The van der Waals surface area contributed by atoms with Gasteiger partial charge in [-0.1, -0.05) is 193 Å². The van der Waals surface area contributed by atoms with Crippen LogP contribution in [0.25, 0.3) is 0 Å². The largest absolute Gasteiger partial charge is 0.236 e. The molecule has 1 heterocycles. The van der Waals surface area contributed by atoms with Gasteiger partial charge in [0.05, 0.1) is 12.7 Å². The third-order valence-electron chi connectivity index (χ3n) is 8.59. The Morgan fingerprint density at radius 3 is 1.08 bits per heavy atom. The van der Waals surface area contributed by atoms with Crippen LogP contribution in [0.2, 0.25) is 0 Å². The Balaban J connectivity index is 2.19. The van der Waals surface area contributed by atoms with Crippen molar-refractivity contribution in [3.63, 3.8) is 0 Å². The molecule has 222 valence electrons. The standard InChI is InChI=1S/C35H70O2/c1-2-3-29-32-35-33-30-27-25-23-21-19-17-15-13-11-9-7-5-4-6-8-10-12-14-16-18-20-22-24-26-28-31-34-36-37-35/h35H,2-34H2,1H3. The zero-order valence-electron chi connectivity index (χ0n) is 25.7. The van der Waals surface area contributed by atoms with Crippen LogP contribution in [0.4, 0.5) is 0 Å². The molecule has 0 aromatic rings. The first-order valence-corrected chi connectivity index (χ1v) is 17.7. The molecule has 1 aliphatic rings. The van der Waals surface area contributed by atoms with Crippen LogP contribution in [0.1, 0.15) is 212 Å². The molecule has 0 radical (unpaired) electrons. The van der Waals surface area contributed by atoms with E-state index in [9.17, 15) is 0 Å². The van der Waals surface area contributed by atoms with E-state index in [0.29, 0.717) is 6.10 Å². The van der Waals surface area contributed by atoms with E-state index in [1.165, 1.54) is 199 Å². The summed E-state index contributed by atoms with van der Waals surface area (Å²) in [5.74, 6) is 0. The van der Waals surface area contributed by atoms with Crippen molar-refractivity contribution in [1.82, 2.24) is 0 Å². The van der Waals surface area contributed by atoms with Crippen LogP contribution in [0.5, 0.6) is 0 Å². The Morgan fingerprint density at radius 1 is 0.405 bits per heavy atom. The van der Waals surface area contributed by atoms with E-state index in [-0.39, 0.29) is 0 Å². The van der Waals surface area contributed by atoms with Gasteiger partial charge in [0.25, 0.3) is 0 Å². The molecule has 0 saturated carbocycles. The predicted octanol–water partition coefficient (Wildman–Crippen LogP) is 12.8. The molecule has 1 saturated heterocycles. The van der Waals surface area contributed by atoms with Crippen LogP contribution in [-0.4, -0.2) is 12.7 Å². The maximum Gasteiger partial charge on any atom is 0.0930 e. The fourth-order valence-electron chi connectivity index (χ4n) is 5.96. The fourth-order valence-corrected chi connectivity index (χ4v) is 5.96. The van der Waals surface area contributed by atoms with Gasteiger partial charge >= 0.3 is 0 Å². The minimum absolute atomic E-state index is 0.320. The second-order valence-electron chi connectivity index (χ2n) is 12.4. The second-order valence-corrected chi connectivity index (χ2v) is 12.4. The van der Waals surface area contributed by atoms with Gasteiger partial charge in [-0.05, 0) is 19.3 Å². The summed E-state index contributed by atoms with van der Waals surface area (Å²) in [6, 6.07) is 0. The Kier molecular flexibility index (Phi) is 28.8. The Labute approximate surface area is 234 Å². The van der Waals surface area contributed by atoms with Crippen molar-refractivity contribution < 1.29 is 9.78 Å². The summed E-state index contributed by atoms with van der Waals surface area (Å²) in [6.07, 6.45) is 45.2. The van der Waals surface area contributed by atoms with Gasteiger partial charge < -0.3 is 0 Å². The van der Waals surface area contributed by atoms with Gasteiger partial charge in [-0.2, -0.15) is 0 Å². The molecule has 1 unspecified atom stereocenters. The summed E-state index contributed by atoms with van der Waals surface area (Å²) in [4.78, 5) is 11.6. The maximum atomic E-state index is 5.90. The lowest BCUT2D eigenvalue weighted by Gasteiger charge is -2.16. The summed E-state index contributed by atoms with van der Waals surface area (Å²) in [5.41, 5.74) is 0. The Hall–Kier alpha value is -0.0800. The van der Waals surface area contributed by atoms with E-state index < -0.39 is 0 Å². The molecule has 37 heavy (non-hydrogen) atoms. The molecule has 1 fully saturated rings. The molecule has 0 aliphatic carbocycles. The van der Waals surface area contributed by atoms with Gasteiger partial charge in [-0.15, -0.1) is 0 Å². The van der Waals surface area contributed by atoms with Crippen molar-refractivity contribution in [1.29, 1.82) is 0 Å². The number of hydrogen-bond donors (Lipinski definition) is 0. The van der Waals surface area contributed by atoms with Crippen LogP contribution in [0.15, 0.2) is 0 Å². The van der Waals surface area contributed by atoms with Gasteiger partial charge in [-0.3, -0.25) is 0 Å². The number of hydrogen-bond acceptors (Lipinski definition) is 2. The van der Waals surface area contributed by atoms with Crippen molar-refractivity contribution in [2.24, 2.45) is 0 Å². The maximum absolute atomic E-state index is 5.90. The first-order chi connectivity index (χ1) is 18.4. The van der Waals surface area contributed by atoms with Gasteiger partial charge in [0, 0.05) is 0 Å². The Bertz CT molecular complexity index is 378. The van der Waals surface area contributed by atoms with Crippen molar-refractivity contribution >= 4 is 0 Å². The van der Waals surface area contributed by atoms with Crippen LogP contribution < -0.4 is 0 Å². The fraction of sp³-hybridized carbons (Fsp3) is 1.00. The van der Waals surface area contributed by atoms with Crippen molar-refractivity contribution in [3.05, 3.63) is 0 Å². The third kappa shape index (κ3) is 27.3. The summed E-state index contributed by atoms with van der Waals surface area (Å²) >= 11 is 0. The van der Waals surface area contributed by atoms with Crippen molar-refractivity contribution in [2.45, 2.75) is 218 Å². The summed E-state index contributed by atoms with van der Waals surface area (Å²) in [6.45, 7) is 3.07. The van der Waals surface area contributed by atoms with Crippen LogP contribution >= 0.6 is 0 Å². The molecule has 0 bridgehead atoms. The highest BCUT2D eigenvalue weighted by atomic mass is 17.2. The lowest BCUT2D eigenvalue weighted by atomic mass is 10.0. The average Bonchev–Trinajstić information content (AvgIpc) is 2.91. The van der Waals surface area contributed by atoms with Gasteiger partial charge in [0.2, 0.25) is 0 Å². The smallest absolute Gasteiger partial charge is 0.0930 e. The number of unbranched alkanes of at least 4 members (excludes halogenated alkanes) is 2. The monoisotopic (exact) mass is 523 g/mol. The van der Waals surface area contributed by atoms with Crippen LogP contribution in [-0.2, 0) is 9.78 Å². The molecular formula is C35H70O2. The second kappa shape index (κ2) is 30.5. The zero-order chi connectivity index (χ0) is 26.3. The first-order valence-electron chi connectivity index (χ1n) is 17.7. The van der Waals surface area contributed by atoms with Crippen LogP contribution in [0.3, 0.4) is 0 Å². The highest BCUT2D eigenvalue weighted by Crippen LogP contribution is 2.18. The minimum Gasteiger partial charge on any atom is -0.236 e. The van der Waals surface area contributed by atoms with Crippen LogP contribution in [0, 0.1) is 0 Å². The molecule has 1 rings (SSSR count). The predicted molar refractivity (Wildman–Crippen MR) is 164 cm³/mol. The highest BCUT2D eigenvalue weighted by Gasteiger charge is 2.10. The molecule has 1 aliphatic heterocycles. The lowest BCUT2D eigenvalue weighted by Crippen LogP contribution is -2.14. The van der Waals surface area contributed by atoms with E-state index in [0.717, 1.165) is 13.0 Å². The quantitative estimate of drug-likeness (QED) is 0.270. The summed E-state index contributed by atoms with van der Waals surface area (Å²) in [7, 11) is 0. The SMILES string of the molecule is CCCCCC1CCCCCCCCCCCCCCCCCCCCCCCCCCCCCOO1. The highest BCUT2D eigenvalue weighted by molar-refractivity contribution is 4.59. The minimum atomic E-state index is 0.320. The molecule has 0 N–H and O–H groups in total. The van der Waals surface area contributed by atoms with E-state index in [4.69, 9.17) is 9.78 Å². The molecule has 0 aromatic carbocycles. The number of rotatable bonds is 4. The summed E-state index contributed by atoms with van der Waals surface area (Å²) in [5, 5.41) is 0. The Morgan fingerprint density at radius 2 is 0.730 bits per heavy atom. The third-order valence-corrected chi connectivity index (χ3v) is 8.59. The van der Waals surface area contributed by atoms with Crippen molar-refractivity contribution in [3.8, 4) is 0 Å². The molecule has 0 spiro atoms. The average molecular weight is 523 g/mol. The van der Waals surface area contributed by atoms with Gasteiger partial charge in [-0.25, -0.2) is 9.78 Å². The van der Waals surface area contributed by atoms with E-state index in [1.54, 1.807) is 0 Å². The topological polar surface area (TPSA) is 18.5 Å². The lowest BCUT2D eigenvalue weighted by molar-refractivity contribution is -0.327. The molecular weight excluding hydrogens is 452 g/mol. The molecule has 1 atom stereocenters. The molecule has 0 amide bonds. The zero-order valence-corrected chi connectivity index (χ0v) is 25.7. The van der Waals surface area contributed by atoms with E-state index >= 15 is 0 Å². The molecule has 2 heteroatoms. The van der Waals surface area contributed by atoms with E-state index in [2.05, 4.69) is 6.92 Å². The molecule has 0 aromatic heterocycles. The van der Waals surface area contributed by atoms with Crippen molar-refractivity contribution in [2.75, 3.05) is 6.61 Å². The van der Waals surface area contributed by atoms with E-state index in [1.807, 2.05) is 0 Å². The normalized spacial score (nSPS) is 24.4. The molecule has 2 nitrogen and oxygen atoms in total. The first kappa shape index (κ1) is 34.9. The van der Waals surface area contributed by atoms with Gasteiger partial charge in [0.1, 0.15) is 0 Å².